The van der Waals surface area contributed by atoms with Crippen LogP contribution in [-0.4, -0.2) is 12.2 Å². The summed E-state index contributed by atoms with van der Waals surface area (Å²) in [5.41, 5.74) is 2.81. The van der Waals surface area contributed by atoms with Crippen molar-refractivity contribution in [2.45, 2.75) is 0 Å². The minimum atomic E-state index is -0.0467. The molecule has 0 bridgehead atoms. The largest absolute Gasteiger partial charge is 0.503 e. The summed E-state index contributed by atoms with van der Waals surface area (Å²) < 4.78 is 5.10. The second-order valence-electron chi connectivity index (χ2n) is 4.29. The first-order valence-corrected chi connectivity index (χ1v) is 6.35. The fourth-order valence-corrected chi connectivity index (χ4v) is 1.75. The lowest BCUT2D eigenvalue weighted by atomic mass is 10.1. The van der Waals surface area contributed by atoms with E-state index in [0.717, 1.165) is 11.1 Å². The van der Waals surface area contributed by atoms with Crippen molar-refractivity contribution in [3.8, 4) is 11.5 Å². The molecule has 0 fully saturated rings. The first-order chi connectivity index (χ1) is 10.2. The molecule has 0 aliphatic carbocycles. The molecule has 0 radical (unpaired) electrons. The summed E-state index contributed by atoms with van der Waals surface area (Å²) in [6.45, 7) is 7.39. The maximum Gasteiger partial charge on any atom is 0.185 e. The zero-order valence-electron chi connectivity index (χ0n) is 11.8. The summed E-state index contributed by atoms with van der Waals surface area (Å²) in [5.74, 6) is 0.290. The fraction of sp³-hybridized carbons (Fsp3) is 0.0588. The summed E-state index contributed by atoms with van der Waals surface area (Å²) in [4.78, 5) is 0. The number of phenolic OH excluding ortho intramolecular Hbond substituents is 1. The number of hydrogen-bond acceptors (Lipinski definition) is 4. The highest BCUT2D eigenvalue weighted by molar-refractivity contribution is 5.66. The lowest BCUT2D eigenvalue weighted by Gasteiger charge is -2.06. The van der Waals surface area contributed by atoms with Gasteiger partial charge in [0.15, 0.2) is 11.5 Å². The number of benzene rings is 2. The molecule has 0 amide bonds. The van der Waals surface area contributed by atoms with Crippen LogP contribution < -0.4 is 4.74 Å². The van der Waals surface area contributed by atoms with Crippen LogP contribution in [0.2, 0.25) is 0 Å². The highest BCUT2D eigenvalue weighted by Crippen LogP contribution is 2.38. The number of methoxy groups -OCH3 is 1. The molecule has 0 aromatic heterocycles. The molecule has 2 aromatic rings. The normalized spacial score (nSPS) is 10.5. The second kappa shape index (κ2) is 6.52. The Balaban J connectivity index is 2.34. The third-order valence-corrected chi connectivity index (χ3v) is 2.93. The maximum absolute atomic E-state index is 10.0. The van der Waals surface area contributed by atoms with Gasteiger partial charge in [0.05, 0.1) is 12.8 Å². The van der Waals surface area contributed by atoms with Gasteiger partial charge >= 0.3 is 0 Å². The molecule has 21 heavy (non-hydrogen) atoms. The van der Waals surface area contributed by atoms with Crippen LogP contribution in [0, 0.1) is 0 Å². The summed E-state index contributed by atoms with van der Waals surface area (Å²) in [6, 6.07) is 10.8. The van der Waals surface area contributed by atoms with Crippen LogP contribution in [0.15, 0.2) is 59.8 Å². The molecule has 4 nitrogen and oxygen atoms in total. The summed E-state index contributed by atoms with van der Waals surface area (Å²) in [6.07, 6.45) is 3.41. The van der Waals surface area contributed by atoms with E-state index in [-0.39, 0.29) is 5.75 Å². The van der Waals surface area contributed by atoms with Crippen molar-refractivity contribution < 1.29 is 9.84 Å². The molecule has 0 aliphatic rings. The van der Waals surface area contributed by atoms with E-state index in [2.05, 4.69) is 23.4 Å². The topological polar surface area (TPSA) is 54.2 Å². The average Bonchev–Trinajstić information content (AvgIpc) is 2.54. The van der Waals surface area contributed by atoms with Gasteiger partial charge in [0.25, 0.3) is 0 Å². The number of phenols is 1. The number of ether oxygens (including phenoxy) is 1. The van der Waals surface area contributed by atoms with Crippen molar-refractivity contribution in [1.82, 2.24) is 0 Å². The van der Waals surface area contributed by atoms with Crippen LogP contribution in [0.4, 0.5) is 11.4 Å². The highest BCUT2D eigenvalue weighted by Gasteiger charge is 2.09. The van der Waals surface area contributed by atoms with Crippen molar-refractivity contribution in [2.24, 2.45) is 10.2 Å². The zero-order chi connectivity index (χ0) is 15.2. The predicted molar refractivity (Wildman–Crippen MR) is 85.5 cm³/mol. The predicted octanol–water partition coefficient (Wildman–Crippen LogP) is 5.10. The standard InChI is InChI=1S/C17H16N2O2/c1-4-12-6-8-14(9-7-12)18-19-15-10-13(5-2)11-16(21-3)17(15)20/h4-11,20H,1-2H2,3H3/b19-18+. The first-order valence-electron chi connectivity index (χ1n) is 6.35. The third-order valence-electron chi connectivity index (χ3n) is 2.93. The van der Waals surface area contributed by atoms with Crippen molar-refractivity contribution in [3.63, 3.8) is 0 Å². The van der Waals surface area contributed by atoms with Gasteiger partial charge in [-0.15, -0.1) is 5.11 Å². The number of nitrogens with zero attached hydrogens (tertiary/aromatic N) is 2. The van der Waals surface area contributed by atoms with Gasteiger partial charge in [-0.3, -0.25) is 0 Å². The van der Waals surface area contributed by atoms with Gasteiger partial charge in [-0.05, 0) is 35.4 Å². The molecule has 0 saturated heterocycles. The first kappa shape index (κ1) is 14.5. The summed E-state index contributed by atoms with van der Waals surface area (Å²) in [5, 5.41) is 18.2. The van der Waals surface area contributed by atoms with Crippen LogP contribution in [-0.2, 0) is 0 Å². The SMILES string of the molecule is C=Cc1ccc(/N=N/c2cc(C=C)cc(OC)c2O)cc1. The third kappa shape index (κ3) is 3.36. The van der Waals surface area contributed by atoms with Crippen LogP contribution in [0.25, 0.3) is 12.2 Å². The highest BCUT2D eigenvalue weighted by atomic mass is 16.5. The van der Waals surface area contributed by atoms with Crippen molar-refractivity contribution in [3.05, 3.63) is 60.7 Å². The smallest absolute Gasteiger partial charge is 0.185 e. The number of hydrogen-bond donors (Lipinski definition) is 1. The van der Waals surface area contributed by atoms with E-state index in [1.165, 1.54) is 7.11 Å². The van der Waals surface area contributed by atoms with E-state index in [1.54, 1.807) is 24.3 Å². The van der Waals surface area contributed by atoms with E-state index in [9.17, 15) is 5.11 Å². The Bertz CT molecular complexity index is 689. The van der Waals surface area contributed by atoms with Gasteiger partial charge in [0.1, 0.15) is 5.69 Å². The van der Waals surface area contributed by atoms with E-state index >= 15 is 0 Å². The van der Waals surface area contributed by atoms with Crippen LogP contribution in [0.5, 0.6) is 11.5 Å². The Morgan fingerprint density at radius 1 is 1.00 bits per heavy atom. The molecule has 0 atom stereocenters. The van der Waals surface area contributed by atoms with E-state index in [0.29, 0.717) is 17.1 Å². The molecule has 0 aliphatic heterocycles. The molecule has 0 saturated carbocycles. The molecule has 4 heteroatoms. The van der Waals surface area contributed by atoms with E-state index in [1.807, 2.05) is 24.3 Å². The molecule has 106 valence electrons. The summed E-state index contributed by atoms with van der Waals surface area (Å²) >= 11 is 0. The molecular weight excluding hydrogens is 264 g/mol. The molecule has 2 aromatic carbocycles. The Kier molecular flexibility index (Phi) is 4.51. The van der Waals surface area contributed by atoms with Crippen LogP contribution >= 0.6 is 0 Å². The second-order valence-corrected chi connectivity index (χ2v) is 4.29. The fourth-order valence-electron chi connectivity index (χ4n) is 1.75. The Hall–Kier alpha value is -2.88. The van der Waals surface area contributed by atoms with Gasteiger partial charge in [0.2, 0.25) is 0 Å². The monoisotopic (exact) mass is 280 g/mol. The number of rotatable bonds is 5. The van der Waals surface area contributed by atoms with Gasteiger partial charge < -0.3 is 9.84 Å². The number of aromatic hydroxyl groups is 1. The van der Waals surface area contributed by atoms with Gasteiger partial charge in [-0.1, -0.05) is 37.4 Å². The maximum atomic E-state index is 10.0. The van der Waals surface area contributed by atoms with Crippen LogP contribution in [0.3, 0.4) is 0 Å². The van der Waals surface area contributed by atoms with E-state index < -0.39 is 0 Å². The molecule has 0 heterocycles. The van der Waals surface area contributed by atoms with Gasteiger partial charge in [-0.2, -0.15) is 5.11 Å². The molecule has 2 rings (SSSR count). The molecule has 0 spiro atoms. The lowest BCUT2D eigenvalue weighted by molar-refractivity contribution is 0.374. The average molecular weight is 280 g/mol. The molecule has 0 unspecified atom stereocenters. The molecule has 1 N–H and O–H groups in total. The number of azo groups is 1. The van der Waals surface area contributed by atoms with Crippen molar-refractivity contribution in [1.29, 1.82) is 0 Å². The quantitative estimate of drug-likeness (QED) is 0.774. The van der Waals surface area contributed by atoms with Crippen LogP contribution in [0.1, 0.15) is 11.1 Å². The van der Waals surface area contributed by atoms with E-state index in [4.69, 9.17) is 4.74 Å². The minimum absolute atomic E-state index is 0.0467. The summed E-state index contributed by atoms with van der Waals surface area (Å²) in [7, 11) is 1.48. The van der Waals surface area contributed by atoms with Crippen molar-refractivity contribution >= 4 is 23.5 Å². The zero-order valence-corrected chi connectivity index (χ0v) is 11.8. The van der Waals surface area contributed by atoms with Gasteiger partial charge in [-0.25, -0.2) is 0 Å². The lowest BCUT2D eigenvalue weighted by Crippen LogP contribution is -1.85. The Morgan fingerprint density at radius 3 is 2.24 bits per heavy atom. The van der Waals surface area contributed by atoms with Gasteiger partial charge in [0, 0.05) is 0 Å². The Morgan fingerprint density at radius 2 is 1.67 bits per heavy atom. The Labute approximate surface area is 123 Å². The van der Waals surface area contributed by atoms with Crippen molar-refractivity contribution in [2.75, 3.05) is 7.11 Å². The molecular formula is C17H16N2O2. The minimum Gasteiger partial charge on any atom is -0.503 e.